The monoisotopic (exact) mass is 421 g/mol. The highest BCUT2D eigenvalue weighted by Crippen LogP contribution is 2.41. The molecule has 0 bridgehead atoms. The lowest BCUT2D eigenvalue weighted by molar-refractivity contribution is 0.0804. The van der Waals surface area contributed by atoms with Crippen LogP contribution in [0.2, 0.25) is 0 Å². The zero-order valence-electron chi connectivity index (χ0n) is 19.2. The maximum absolute atomic E-state index is 10.1. The number of dihydropyridines is 1. The number of hydrogen-bond acceptors (Lipinski definition) is 4. The number of ether oxygens (including phenoxy) is 2. The maximum Gasteiger partial charge on any atom is 0.115 e. The Morgan fingerprint density at radius 2 is 1.81 bits per heavy atom. The molecule has 4 heteroatoms. The van der Waals surface area contributed by atoms with Gasteiger partial charge < -0.3 is 19.9 Å². The standard InChI is InChI=1S/C27H35NO3/c1-5-21(22-10-7-6-8-11-22)17-26-19(2)27(23-12-9-13-24(29)16-23)25(20(3)28-26)18-31-15-14-30-4/h6-13,16,21,27-29H,5,14-15,17-18H2,1-4H3. The maximum atomic E-state index is 10.1. The molecule has 0 aromatic heterocycles. The molecule has 0 radical (unpaired) electrons. The van der Waals surface area contributed by atoms with Crippen LogP contribution >= 0.6 is 0 Å². The number of nitrogens with one attached hydrogen (secondary N) is 1. The number of rotatable bonds is 10. The highest BCUT2D eigenvalue weighted by molar-refractivity contribution is 5.47. The third kappa shape index (κ3) is 5.78. The van der Waals surface area contributed by atoms with Crippen LogP contribution in [0.5, 0.6) is 5.75 Å². The van der Waals surface area contributed by atoms with Crippen molar-refractivity contribution in [2.24, 2.45) is 0 Å². The number of benzene rings is 2. The van der Waals surface area contributed by atoms with Crippen LogP contribution in [0.1, 0.15) is 56.6 Å². The Morgan fingerprint density at radius 1 is 1.03 bits per heavy atom. The smallest absolute Gasteiger partial charge is 0.115 e. The highest BCUT2D eigenvalue weighted by atomic mass is 16.5. The minimum atomic E-state index is 0.0826. The van der Waals surface area contributed by atoms with Gasteiger partial charge in [0.25, 0.3) is 0 Å². The van der Waals surface area contributed by atoms with E-state index in [9.17, 15) is 5.11 Å². The molecule has 0 saturated carbocycles. The number of hydrogen-bond donors (Lipinski definition) is 2. The zero-order chi connectivity index (χ0) is 22.2. The van der Waals surface area contributed by atoms with E-state index in [-0.39, 0.29) is 5.92 Å². The molecule has 1 heterocycles. The Balaban J connectivity index is 1.93. The third-order valence-corrected chi connectivity index (χ3v) is 6.18. The number of phenolic OH excluding ortho intramolecular Hbond substituents is 1. The fourth-order valence-electron chi connectivity index (χ4n) is 4.41. The van der Waals surface area contributed by atoms with Crippen LogP contribution in [0.3, 0.4) is 0 Å². The van der Waals surface area contributed by atoms with Crippen LogP contribution in [-0.4, -0.2) is 32.0 Å². The first kappa shape index (κ1) is 23.1. The van der Waals surface area contributed by atoms with Crippen molar-refractivity contribution < 1.29 is 14.6 Å². The summed E-state index contributed by atoms with van der Waals surface area (Å²) in [4.78, 5) is 0. The molecule has 31 heavy (non-hydrogen) atoms. The van der Waals surface area contributed by atoms with E-state index in [0.29, 0.717) is 31.5 Å². The van der Waals surface area contributed by atoms with Gasteiger partial charge in [0, 0.05) is 24.4 Å². The second-order valence-electron chi connectivity index (χ2n) is 8.23. The number of aromatic hydroxyl groups is 1. The van der Waals surface area contributed by atoms with Gasteiger partial charge in [-0.15, -0.1) is 0 Å². The van der Waals surface area contributed by atoms with Crippen molar-refractivity contribution in [2.45, 2.75) is 45.4 Å². The van der Waals surface area contributed by atoms with E-state index in [4.69, 9.17) is 9.47 Å². The van der Waals surface area contributed by atoms with Gasteiger partial charge in [-0.25, -0.2) is 0 Å². The van der Waals surface area contributed by atoms with Crippen LogP contribution in [0, 0.1) is 0 Å². The van der Waals surface area contributed by atoms with Gasteiger partial charge in [-0.2, -0.15) is 0 Å². The molecule has 166 valence electrons. The van der Waals surface area contributed by atoms with Gasteiger partial charge in [-0.1, -0.05) is 49.4 Å². The van der Waals surface area contributed by atoms with E-state index in [1.807, 2.05) is 12.1 Å². The molecule has 1 aliphatic heterocycles. The largest absolute Gasteiger partial charge is 0.508 e. The quantitative estimate of drug-likeness (QED) is 0.471. The Morgan fingerprint density at radius 3 is 2.48 bits per heavy atom. The van der Waals surface area contributed by atoms with Crippen molar-refractivity contribution in [3.63, 3.8) is 0 Å². The van der Waals surface area contributed by atoms with Gasteiger partial charge in [-0.3, -0.25) is 0 Å². The average Bonchev–Trinajstić information content (AvgIpc) is 2.78. The van der Waals surface area contributed by atoms with Crippen LogP contribution in [0.4, 0.5) is 0 Å². The molecule has 0 fully saturated rings. The molecule has 2 atom stereocenters. The molecular formula is C27H35NO3. The van der Waals surface area contributed by atoms with Crippen molar-refractivity contribution in [2.75, 3.05) is 26.9 Å². The summed E-state index contributed by atoms with van der Waals surface area (Å²) < 4.78 is 11.0. The Bertz CT molecular complexity index is 917. The summed E-state index contributed by atoms with van der Waals surface area (Å²) in [5.74, 6) is 0.827. The van der Waals surface area contributed by atoms with E-state index in [1.165, 1.54) is 22.4 Å². The Hall–Kier alpha value is -2.56. The van der Waals surface area contributed by atoms with Crippen molar-refractivity contribution in [1.29, 1.82) is 0 Å². The van der Waals surface area contributed by atoms with Crippen LogP contribution in [-0.2, 0) is 9.47 Å². The van der Waals surface area contributed by atoms with Gasteiger partial charge in [0.2, 0.25) is 0 Å². The second kappa shape index (κ2) is 11.2. The summed E-state index contributed by atoms with van der Waals surface area (Å²) in [6.45, 7) is 8.24. The average molecular weight is 422 g/mol. The normalized spacial score (nSPS) is 17.6. The first-order valence-electron chi connectivity index (χ1n) is 11.1. The van der Waals surface area contributed by atoms with Crippen LogP contribution in [0.15, 0.2) is 77.1 Å². The Kier molecular flexibility index (Phi) is 8.33. The molecule has 2 aromatic rings. The molecule has 0 aliphatic carbocycles. The van der Waals surface area contributed by atoms with Gasteiger partial charge in [0.15, 0.2) is 0 Å². The van der Waals surface area contributed by atoms with Crippen LogP contribution < -0.4 is 5.32 Å². The topological polar surface area (TPSA) is 50.7 Å². The minimum Gasteiger partial charge on any atom is -0.508 e. The molecule has 1 aliphatic rings. The molecule has 2 aromatic carbocycles. The second-order valence-corrected chi connectivity index (χ2v) is 8.23. The number of methoxy groups -OCH3 is 1. The fourth-order valence-corrected chi connectivity index (χ4v) is 4.41. The van der Waals surface area contributed by atoms with Crippen molar-refractivity contribution >= 4 is 0 Å². The first-order valence-corrected chi connectivity index (χ1v) is 11.1. The van der Waals surface area contributed by atoms with E-state index < -0.39 is 0 Å². The van der Waals surface area contributed by atoms with Crippen molar-refractivity contribution in [1.82, 2.24) is 5.32 Å². The summed E-state index contributed by atoms with van der Waals surface area (Å²) >= 11 is 0. The third-order valence-electron chi connectivity index (χ3n) is 6.18. The zero-order valence-corrected chi connectivity index (χ0v) is 19.2. The van der Waals surface area contributed by atoms with Gasteiger partial charge >= 0.3 is 0 Å². The molecule has 0 amide bonds. The molecule has 4 nitrogen and oxygen atoms in total. The van der Waals surface area contributed by atoms with Gasteiger partial charge in [0.1, 0.15) is 5.75 Å². The van der Waals surface area contributed by atoms with E-state index in [0.717, 1.165) is 24.1 Å². The van der Waals surface area contributed by atoms with E-state index in [1.54, 1.807) is 13.2 Å². The molecular weight excluding hydrogens is 386 g/mol. The molecule has 2 N–H and O–H groups in total. The lowest BCUT2D eigenvalue weighted by Gasteiger charge is -2.34. The summed E-state index contributed by atoms with van der Waals surface area (Å²) in [5, 5.41) is 13.8. The fraction of sp³-hybridized carbons (Fsp3) is 0.407. The van der Waals surface area contributed by atoms with Gasteiger partial charge in [-0.05, 0) is 67.0 Å². The first-order chi connectivity index (χ1) is 15.0. The summed E-state index contributed by atoms with van der Waals surface area (Å²) in [6, 6.07) is 18.3. The molecule has 0 spiro atoms. The van der Waals surface area contributed by atoms with Crippen molar-refractivity contribution in [3.8, 4) is 5.75 Å². The molecule has 2 unspecified atom stereocenters. The SMILES string of the molecule is CCC(CC1=C(C)C(c2cccc(O)c2)C(COCCOC)=C(C)N1)c1ccccc1. The van der Waals surface area contributed by atoms with E-state index in [2.05, 4.69) is 62.5 Å². The number of phenols is 1. The molecule has 3 rings (SSSR count). The predicted molar refractivity (Wildman–Crippen MR) is 126 cm³/mol. The minimum absolute atomic E-state index is 0.0826. The lowest BCUT2D eigenvalue weighted by Crippen LogP contribution is -2.28. The number of allylic oxidation sites excluding steroid dienone is 3. The molecule has 0 saturated heterocycles. The lowest BCUT2D eigenvalue weighted by atomic mass is 9.79. The summed E-state index contributed by atoms with van der Waals surface area (Å²) in [5.41, 5.74) is 7.35. The predicted octanol–water partition coefficient (Wildman–Crippen LogP) is 5.87. The summed E-state index contributed by atoms with van der Waals surface area (Å²) in [7, 11) is 1.68. The van der Waals surface area contributed by atoms with E-state index >= 15 is 0 Å². The Labute approximate surface area is 186 Å². The van der Waals surface area contributed by atoms with Gasteiger partial charge in [0.05, 0.1) is 19.8 Å². The summed E-state index contributed by atoms with van der Waals surface area (Å²) in [6.07, 6.45) is 2.03. The van der Waals surface area contributed by atoms with Crippen LogP contribution in [0.25, 0.3) is 0 Å². The highest BCUT2D eigenvalue weighted by Gasteiger charge is 2.29. The van der Waals surface area contributed by atoms with Crippen molar-refractivity contribution in [3.05, 3.63) is 88.3 Å².